The topological polar surface area (TPSA) is 62.5 Å². The summed E-state index contributed by atoms with van der Waals surface area (Å²) in [5, 5.41) is 0. The molecule has 0 aromatic carbocycles. The molecular weight excluding hydrogens is 280 g/mol. The maximum Gasteiger partial charge on any atom is 0.257 e. The standard InChI is InChI=1S/C16H18N4O2/c1-11-14(3-6-22-11)15(21)19-7-12-9-20(10-13(12)8-19)16-17-4-2-5-18-16/h2-6,12-13H,7-10H2,1H3. The predicted molar refractivity (Wildman–Crippen MR) is 80.6 cm³/mol. The largest absolute Gasteiger partial charge is 0.469 e. The van der Waals surface area contributed by atoms with E-state index < -0.39 is 0 Å². The molecule has 2 fully saturated rings. The van der Waals surface area contributed by atoms with E-state index in [2.05, 4.69) is 14.9 Å². The Labute approximate surface area is 128 Å². The minimum Gasteiger partial charge on any atom is -0.469 e. The number of furan rings is 1. The van der Waals surface area contributed by atoms with E-state index in [0.717, 1.165) is 32.1 Å². The molecule has 0 spiro atoms. The van der Waals surface area contributed by atoms with Crippen molar-refractivity contribution in [2.24, 2.45) is 11.8 Å². The molecule has 2 aromatic heterocycles. The summed E-state index contributed by atoms with van der Waals surface area (Å²) >= 11 is 0. The van der Waals surface area contributed by atoms with Gasteiger partial charge in [0.2, 0.25) is 5.95 Å². The molecule has 0 saturated carbocycles. The molecule has 2 unspecified atom stereocenters. The van der Waals surface area contributed by atoms with Gasteiger partial charge in [0.25, 0.3) is 5.91 Å². The van der Waals surface area contributed by atoms with Crippen molar-refractivity contribution in [1.29, 1.82) is 0 Å². The van der Waals surface area contributed by atoms with Gasteiger partial charge in [-0.15, -0.1) is 0 Å². The molecule has 2 saturated heterocycles. The maximum atomic E-state index is 12.5. The first-order valence-corrected chi connectivity index (χ1v) is 7.57. The summed E-state index contributed by atoms with van der Waals surface area (Å²) in [6, 6.07) is 3.59. The highest BCUT2D eigenvalue weighted by molar-refractivity contribution is 5.95. The number of hydrogen-bond donors (Lipinski definition) is 0. The number of carbonyl (C=O) groups is 1. The Balaban J connectivity index is 1.44. The van der Waals surface area contributed by atoms with Gasteiger partial charge in [0.05, 0.1) is 11.8 Å². The Morgan fingerprint density at radius 2 is 1.86 bits per heavy atom. The predicted octanol–water partition coefficient (Wildman–Crippen LogP) is 1.59. The van der Waals surface area contributed by atoms with Crippen LogP contribution in [0.3, 0.4) is 0 Å². The smallest absolute Gasteiger partial charge is 0.257 e. The van der Waals surface area contributed by atoms with Gasteiger partial charge in [0, 0.05) is 50.4 Å². The van der Waals surface area contributed by atoms with Gasteiger partial charge < -0.3 is 14.2 Å². The van der Waals surface area contributed by atoms with Crippen LogP contribution >= 0.6 is 0 Å². The lowest BCUT2D eigenvalue weighted by Gasteiger charge is -2.21. The van der Waals surface area contributed by atoms with Crippen LogP contribution in [0.4, 0.5) is 5.95 Å². The van der Waals surface area contributed by atoms with Crippen molar-refractivity contribution in [3.05, 3.63) is 42.1 Å². The van der Waals surface area contributed by atoms with Gasteiger partial charge in [-0.25, -0.2) is 9.97 Å². The zero-order chi connectivity index (χ0) is 15.1. The number of hydrogen-bond acceptors (Lipinski definition) is 5. The highest BCUT2D eigenvalue weighted by Crippen LogP contribution is 2.33. The normalized spacial score (nSPS) is 23.9. The fourth-order valence-electron chi connectivity index (χ4n) is 3.55. The molecule has 4 rings (SSSR count). The van der Waals surface area contributed by atoms with E-state index in [1.165, 1.54) is 0 Å². The highest BCUT2D eigenvalue weighted by Gasteiger charge is 2.42. The van der Waals surface area contributed by atoms with Gasteiger partial charge >= 0.3 is 0 Å². The summed E-state index contributed by atoms with van der Waals surface area (Å²) in [4.78, 5) is 25.3. The van der Waals surface area contributed by atoms with Crippen molar-refractivity contribution in [2.75, 3.05) is 31.1 Å². The van der Waals surface area contributed by atoms with Crippen LogP contribution in [0.5, 0.6) is 0 Å². The fourth-order valence-corrected chi connectivity index (χ4v) is 3.55. The van der Waals surface area contributed by atoms with Crippen molar-refractivity contribution >= 4 is 11.9 Å². The number of amides is 1. The van der Waals surface area contributed by atoms with Crippen molar-refractivity contribution in [3.63, 3.8) is 0 Å². The SMILES string of the molecule is Cc1occc1C(=O)N1CC2CN(c3ncccn3)CC2C1. The summed E-state index contributed by atoms with van der Waals surface area (Å²) in [6.07, 6.45) is 5.12. The van der Waals surface area contributed by atoms with Crippen molar-refractivity contribution in [3.8, 4) is 0 Å². The number of nitrogens with zero attached hydrogens (tertiary/aromatic N) is 4. The van der Waals surface area contributed by atoms with E-state index in [1.54, 1.807) is 24.7 Å². The van der Waals surface area contributed by atoms with Crippen LogP contribution in [0.2, 0.25) is 0 Å². The van der Waals surface area contributed by atoms with Gasteiger partial charge in [-0.3, -0.25) is 4.79 Å². The number of anilines is 1. The summed E-state index contributed by atoms with van der Waals surface area (Å²) in [5.41, 5.74) is 0.684. The lowest BCUT2D eigenvalue weighted by molar-refractivity contribution is 0.0781. The van der Waals surface area contributed by atoms with Crippen LogP contribution in [0.1, 0.15) is 16.1 Å². The highest BCUT2D eigenvalue weighted by atomic mass is 16.3. The van der Waals surface area contributed by atoms with Crippen LogP contribution in [0, 0.1) is 18.8 Å². The van der Waals surface area contributed by atoms with Gasteiger partial charge in [-0.05, 0) is 19.1 Å². The third-order valence-corrected chi connectivity index (χ3v) is 4.70. The first-order chi connectivity index (χ1) is 10.7. The summed E-state index contributed by atoms with van der Waals surface area (Å²) in [5.74, 6) is 2.57. The van der Waals surface area contributed by atoms with E-state index in [-0.39, 0.29) is 5.91 Å². The second-order valence-corrected chi connectivity index (χ2v) is 6.07. The Hall–Kier alpha value is -2.37. The molecule has 114 valence electrons. The molecule has 0 bridgehead atoms. The Morgan fingerprint density at radius 1 is 1.18 bits per heavy atom. The molecule has 2 aliphatic rings. The van der Waals surface area contributed by atoms with Crippen molar-refractivity contribution < 1.29 is 9.21 Å². The minimum absolute atomic E-state index is 0.0863. The molecule has 1 amide bonds. The third-order valence-electron chi connectivity index (χ3n) is 4.70. The number of aromatic nitrogens is 2. The molecule has 4 heterocycles. The molecule has 0 N–H and O–H groups in total. The van der Waals surface area contributed by atoms with E-state index >= 15 is 0 Å². The fraction of sp³-hybridized carbons (Fsp3) is 0.438. The molecular formula is C16H18N4O2. The van der Waals surface area contributed by atoms with Gasteiger partial charge in [-0.1, -0.05) is 0 Å². The van der Waals surface area contributed by atoms with Gasteiger partial charge in [0.1, 0.15) is 5.76 Å². The lowest BCUT2D eigenvalue weighted by Crippen LogP contribution is -2.33. The second kappa shape index (κ2) is 5.12. The van der Waals surface area contributed by atoms with Crippen LogP contribution in [0.25, 0.3) is 0 Å². The van der Waals surface area contributed by atoms with Crippen LogP contribution in [-0.2, 0) is 0 Å². The molecule has 6 nitrogen and oxygen atoms in total. The van der Waals surface area contributed by atoms with E-state index in [4.69, 9.17) is 4.42 Å². The monoisotopic (exact) mass is 298 g/mol. The van der Waals surface area contributed by atoms with Crippen LogP contribution < -0.4 is 4.90 Å². The number of likely N-dealkylation sites (tertiary alicyclic amines) is 1. The van der Waals surface area contributed by atoms with E-state index in [1.807, 2.05) is 17.9 Å². The average Bonchev–Trinajstić information content (AvgIpc) is 3.21. The number of fused-ring (bicyclic) bond motifs is 1. The molecule has 2 aliphatic heterocycles. The zero-order valence-electron chi connectivity index (χ0n) is 12.5. The molecule has 6 heteroatoms. The second-order valence-electron chi connectivity index (χ2n) is 6.07. The van der Waals surface area contributed by atoms with Crippen LogP contribution in [-0.4, -0.2) is 47.0 Å². The Kier molecular flexibility index (Phi) is 3.10. The molecule has 22 heavy (non-hydrogen) atoms. The summed E-state index contributed by atoms with van der Waals surface area (Å²) in [6.45, 7) is 5.28. The first-order valence-electron chi connectivity index (χ1n) is 7.57. The molecule has 0 aliphatic carbocycles. The van der Waals surface area contributed by atoms with Gasteiger partial charge in [0.15, 0.2) is 0 Å². The molecule has 0 radical (unpaired) electrons. The molecule has 2 aromatic rings. The average molecular weight is 298 g/mol. The minimum atomic E-state index is 0.0863. The third kappa shape index (κ3) is 2.15. The Morgan fingerprint density at radius 3 is 2.45 bits per heavy atom. The van der Waals surface area contributed by atoms with Crippen molar-refractivity contribution in [1.82, 2.24) is 14.9 Å². The lowest BCUT2D eigenvalue weighted by atomic mass is 10.0. The van der Waals surface area contributed by atoms with Crippen molar-refractivity contribution in [2.45, 2.75) is 6.92 Å². The van der Waals surface area contributed by atoms with E-state index in [0.29, 0.717) is 23.2 Å². The number of rotatable bonds is 2. The number of aryl methyl sites for hydroxylation is 1. The zero-order valence-corrected chi connectivity index (χ0v) is 12.5. The first kappa shape index (κ1) is 13.3. The molecule has 2 atom stereocenters. The van der Waals surface area contributed by atoms with Crippen LogP contribution in [0.15, 0.2) is 35.2 Å². The summed E-state index contributed by atoms with van der Waals surface area (Å²) < 4.78 is 5.24. The quantitative estimate of drug-likeness (QED) is 0.842. The van der Waals surface area contributed by atoms with Gasteiger partial charge in [-0.2, -0.15) is 0 Å². The Bertz CT molecular complexity index is 670. The maximum absolute atomic E-state index is 12.5. The van der Waals surface area contributed by atoms with E-state index in [9.17, 15) is 4.79 Å². The summed E-state index contributed by atoms with van der Waals surface area (Å²) in [7, 11) is 0. The number of carbonyl (C=O) groups excluding carboxylic acids is 1.